The normalized spacial score (nSPS) is 13.8. The maximum atomic E-state index is 12.0. The molecule has 10 aromatic heterocycles. The first-order chi connectivity index (χ1) is 50.3. The fourth-order valence-corrected chi connectivity index (χ4v) is 8.97. The molecule has 0 N–H and O–H groups in total. The summed E-state index contributed by atoms with van der Waals surface area (Å²) in [6.07, 6.45) is 24.1. The summed E-state index contributed by atoms with van der Waals surface area (Å²) in [7, 11) is -42.6. The number of hydrogen-bond donors (Lipinski definition) is 0. The molecule has 0 unspecified atom stereocenters. The van der Waals surface area contributed by atoms with Crippen LogP contribution in [0.1, 0.15) is 32.1 Å². The van der Waals surface area contributed by atoms with Crippen molar-refractivity contribution < 1.29 is 149 Å². The van der Waals surface area contributed by atoms with E-state index in [2.05, 4.69) is 147 Å². The molecular formula is C70H48F24N10O2P4Ru2. The maximum Gasteiger partial charge on any atom is 2.00 e. The van der Waals surface area contributed by atoms with E-state index in [1.54, 1.807) is 111 Å². The first kappa shape index (κ1) is 92.4. The SMILES string of the molecule is F[P-](F)(F)(F)(F)F.F[P-](F)(F)(F)(F)F.F[P-](F)(F)(F)(F)F.F[P-](F)(F)(F)(F)F.O=C(/C=C/c1ccc(/C=C/C(=O)c2ccccn2)cc1)c1ccccn1.[Ru+2].[Ru+2].c1cnc2c(c1)ccc1cccnc12.c1cnc2c(c1)ccc1cccnc12.c1cnc2c(c1)ccc1cccnc12.c1cnc2c(c1)ccc1cccnc12. The maximum absolute atomic E-state index is 12.0. The molecule has 0 amide bonds. The van der Waals surface area contributed by atoms with Crippen molar-refractivity contribution in [3.05, 3.63) is 303 Å². The number of ketones is 2. The van der Waals surface area contributed by atoms with Crippen LogP contribution in [0.2, 0.25) is 0 Å². The molecule has 0 aliphatic heterocycles. The van der Waals surface area contributed by atoms with Crippen molar-refractivity contribution in [1.29, 1.82) is 0 Å². The molecule has 0 aliphatic rings. The van der Waals surface area contributed by atoms with Crippen LogP contribution < -0.4 is 0 Å². The number of aromatic nitrogens is 10. The molecule has 0 aliphatic carbocycles. The molecule has 15 aromatic rings. The van der Waals surface area contributed by atoms with E-state index in [1.165, 1.54) is 12.2 Å². The van der Waals surface area contributed by atoms with E-state index >= 15 is 0 Å². The number of pyridine rings is 10. The van der Waals surface area contributed by atoms with Gasteiger partial charge in [0.05, 0.1) is 44.1 Å². The second-order valence-electron chi connectivity index (χ2n) is 22.2. The molecule has 0 radical (unpaired) electrons. The van der Waals surface area contributed by atoms with Gasteiger partial charge in [0.25, 0.3) is 0 Å². The van der Waals surface area contributed by atoms with E-state index in [0.717, 1.165) is 98.4 Å². The Morgan fingerprint density at radius 1 is 0.205 bits per heavy atom. The standard InChI is InChI=1S/C22H16N2O2.4C12H8N2.4F6P.2Ru/c25-21(19-5-1-3-15-23-19)13-11-17-7-9-18(10-8-17)12-14-22(26)20-6-2-4-16-24-20;4*1-3-9-5-6-10-4-2-8-14-12(10)11(9)13-7-1;4*1-7(2,3,4,5)6;;/h1-16H;4*1-8H;;;;;;/q;;;;;4*-1;2*+2/b13-11+,14-12+;;;;;;;;;;. The van der Waals surface area contributed by atoms with Crippen molar-refractivity contribution in [2.75, 3.05) is 0 Å². The van der Waals surface area contributed by atoms with Crippen LogP contribution >= 0.6 is 31.2 Å². The third-order valence-electron chi connectivity index (χ3n) is 13.0. The van der Waals surface area contributed by atoms with E-state index in [0.29, 0.717) is 11.4 Å². The number of nitrogens with zero attached hydrogens (tertiary/aromatic N) is 10. The predicted octanol–water partition coefficient (Wildman–Crippen LogP) is 28.9. The quantitative estimate of drug-likeness (QED) is 0.0387. The average molecular weight is 1840 g/mol. The van der Waals surface area contributed by atoms with Gasteiger partial charge in [0.2, 0.25) is 11.6 Å². The molecule has 0 atom stereocenters. The second-order valence-corrected chi connectivity index (χ2v) is 29.9. The largest absolute Gasteiger partial charge is 2.00 e. The van der Waals surface area contributed by atoms with Gasteiger partial charge < -0.3 is 0 Å². The minimum Gasteiger partial charge on any atom is -0.288 e. The van der Waals surface area contributed by atoms with Crippen molar-refractivity contribution >= 4 is 142 Å². The van der Waals surface area contributed by atoms with Crippen LogP contribution in [-0.4, -0.2) is 61.4 Å². The molecule has 594 valence electrons. The number of carbonyl (C=O) groups is 2. The number of carbonyl (C=O) groups excluding carboxylic acids is 2. The van der Waals surface area contributed by atoms with Gasteiger partial charge in [-0.05, 0) is 96.1 Å². The van der Waals surface area contributed by atoms with Gasteiger partial charge >= 0.3 is 171 Å². The minimum atomic E-state index is -10.7. The number of hydrogen-bond acceptors (Lipinski definition) is 12. The van der Waals surface area contributed by atoms with Crippen LogP contribution in [-0.2, 0) is 39.0 Å². The smallest absolute Gasteiger partial charge is 0.288 e. The van der Waals surface area contributed by atoms with Gasteiger partial charge in [-0.3, -0.25) is 59.4 Å². The molecule has 112 heavy (non-hydrogen) atoms. The monoisotopic (exact) mass is 1840 g/mol. The summed E-state index contributed by atoms with van der Waals surface area (Å²) in [5, 5.41) is 9.10. The zero-order chi connectivity index (χ0) is 81.3. The van der Waals surface area contributed by atoms with Gasteiger partial charge in [-0.2, -0.15) is 0 Å². The van der Waals surface area contributed by atoms with Gasteiger partial charge in [-0.1, -0.05) is 146 Å². The Balaban J connectivity index is 0.000000233. The number of allylic oxidation sites excluding steroid dienone is 2. The molecular weight excluding hydrogens is 1790 g/mol. The first-order valence-corrected chi connectivity index (χ1v) is 38.4. The molecule has 0 bridgehead atoms. The van der Waals surface area contributed by atoms with Gasteiger partial charge in [-0.25, -0.2) is 0 Å². The van der Waals surface area contributed by atoms with Gasteiger partial charge in [0, 0.05) is 105 Å². The Morgan fingerprint density at radius 2 is 0.357 bits per heavy atom. The average Bonchev–Trinajstić information content (AvgIpc) is 0.799. The van der Waals surface area contributed by atoms with Crippen LogP contribution in [0.15, 0.2) is 280 Å². The summed E-state index contributed by atoms with van der Waals surface area (Å²) in [6.45, 7) is 0. The van der Waals surface area contributed by atoms with E-state index < -0.39 is 31.2 Å². The summed E-state index contributed by atoms with van der Waals surface area (Å²) in [4.78, 5) is 66.8. The fourth-order valence-electron chi connectivity index (χ4n) is 8.97. The van der Waals surface area contributed by atoms with Crippen molar-refractivity contribution in [2.24, 2.45) is 0 Å². The number of rotatable bonds is 6. The van der Waals surface area contributed by atoms with E-state index in [-0.39, 0.29) is 50.5 Å². The number of halogens is 24. The van der Waals surface area contributed by atoms with Crippen molar-refractivity contribution in [3.63, 3.8) is 0 Å². The van der Waals surface area contributed by atoms with Gasteiger partial charge in [0.15, 0.2) is 0 Å². The molecule has 5 aromatic carbocycles. The van der Waals surface area contributed by atoms with Crippen LogP contribution in [0.4, 0.5) is 101 Å². The minimum absolute atomic E-state index is 0. The van der Waals surface area contributed by atoms with Gasteiger partial charge in [0.1, 0.15) is 11.4 Å². The molecule has 0 saturated heterocycles. The van der Waals surface area contributed by atoms with Crippen LogP contribution in [0.3, 0.4) is 0 Å². The third-order valence-corrected chi connectivity index (χ3v) is 13.0. The fraction of sp³-hybridized carbons (Fsp3) is 0. The Hall–Kier alpha value is -10.2. The molecule has 42 heteroatoms. The summed E-state index contributed by atoms with van der Waals surface area (Å²) >= 11 is 0. The Kier molecular flexibility index (Phi) is 27.4. The van der Waals surface area contributed by atoms with Crippen molar-refractivity contribution in [3.8, 4) is 0 Å². The van der Waals surface area contributed by atoms with Crippen LogP contribution in [0.25, 0.3) is 99.4 Å². The van der Waals surface area contributed by atoms with Gasteiger partial charge in [-0.15, -0.1) is 0 Å². The van der Waals surface area contributed by atoms with E-state index in [1.807, 2.05) is 72.8 Å². The third kappa shape index (κ3) is 39.1. The second kappa shape index (κ2) is 33.2. The molecule has 15 rings (SSSR count). The van der Waals surface area contributed by atoms with Crippen LogP contribution in [0, 0.1) is 0 Å². The summed E-state index contributed by atoms with van der Waals surface area (Å²) < 4.78 is 237. The zero-order valence-electron chi connectivity index (χ0n) is 55.6. The summed E-state index contributed by atoms with van der Waals surface area (Å²) in [5.74, 6) is -0.286. The molecule has 12 nitrogen and oxygen atoms in total. The van der Waals surface area contributed by atoms with E-state index in [4.69, 9.17) is 0 Å². The van der Waals surface area contributed by atoms with Crippen molar-refractivity contribution in [1.82, 2.24) is 49.8 Å². The Labute approximate surface area is 640 Å². The number of fused-ring (bicyclic) bond motifs is 12. The molecule has 0 spiro atoms. The predicted molar refractivity (Wildman–Crippen MR) is 384 cm³/mol. The molecule has 0 saturated carbocycles. The first-order valence-electron chi connectivity index (χ1n) is 30.3. The molecule has 0 fully saturated rings. The number of benzene rings is 5. The van der Waals surface area contributed by atoms with Crippen molar-refractivity contribution in [2.45, 2.75) is 0 Å². The topological polar surface area (TPSA) is 163 Å². The van der Waals surface area contributed by atoms with E-state index in [9.17, 15) is 110 Å². The summed E-state index contributed by atoms with van der Waals surface area (Å²) in [6, 6.07) is 66.5. The Bertz CT molecular complexity index is 4950. The molecule has 10 heterocycles. The zero-order valence-corrected chi connectivity index (χ0v) is 62.6. The Morgan fingerprint density at radius 3 is 0.500 bits per heavy atom. The van der Waals surface area contributed by atoms with Crippen LogP contribution in [0.5, 0.6) is 0 Å². The summed E-state index contributed by atoms with van der Waals surface area (Å²) in [5.41, 5.74) is 10.4.